The van der Waals surface area contributed by atoms with Gasteiger partial charge < -0.3 is 36.0 Å². The van der Waals surface area contributed by atoms with Gasteiger partial charge in [-0.05, 0) is 5.56 Å². The van der Waals surface area contributed by atoms with E-state index in [4.69, 9.17) is 10.2 Å². The summed E-state index contributed by atoms with van der Waals surface area (Å²) in [5.74, 6) is -0.595. The molecule has 1 aromatic rings. The first-order chi connectivity index (χ1) is 10.4. The van der Waals surface area contributed by atoms with Crippen LogP contribution in [0.3, 0.4) is 0 Å². The maximum Gasteiger partial charge on any atom is 0.226 e. The third kappa shape index (κ3) is 5.34. The van der Waals surface area contributed by atoms with E-state index in [1.54, 1.807) is 30.3 Å². The lowest BCUT2D eigenvalue weighted by Gasteiger charge is -2.28. The molecule has 8 heteroatoms. The van der Waals surface area contributed by atoms with Gasteiger partial charge in [0, 0.05) is 0 Å². The lowest BCUT2D eigenvalue weighted by atomic mass is 10.0. The molecule has 1 rings (SSSR count). The van der Waals surface area contributed by atoms with Gasteiger partial charge in [-0.2, -0.15) is 0 Å². The molecule has 0 bridgehead atoms. The number of rotatable bonds is 8. The average Bonchev–Trinajstić information content (AvgIpc) is 2.52. The Morgan fingerprint density at radius 1 is 0.955 bits per heavy atom. The normalized spacial score (nSPS) is 18.1. The van der Waals surface area contributed by atoms with Crippen molar-refractivity contribution in [2.45, 2.75) is 37.1 Å². The van der Waals surface area contributed by atoms with E-state index in [1.807, 2.05) is 0 Å². The van der Waals surface area contributed by atoms with Crippen LogP contribution in [0, 0.1) is 0 Å². The highest BCUT2D eigenvalue weighted by Crippen LogP contribution is 2.08. The molecule has 7 N–H and O–H groups in total. The van der Waals surface area contributed by atoms with Gasteiger partial charge >= 0.3 is 0 Å². The number of hydrogen-bond acceptors (Lipinski definition) is 7. The average molecular weight is 315 g/mol. The van der Waals surface area contributed by atoms with Gasteiger partial charge in [0.1, 0.15) is 24.4 Å². The van der Waals surface area contributed by atoms with Gasteiger partial charge in [0.2, 0.25) is 5.91 Å². The van der Waals surface area contributed by atoms with Gasteiger partial charge in [-0.15, -0.1) is 0 Å². The summed E-state index contributed by atoms with van der Waals surface area (Å²) in [6, 6.07) is 8.68. The van der Waals surface area contributed by atoms with Gasteiger partial charge in [-0.3, -0.25) is 4.79 Å². The molecular formula is C14H21NO7. The maximum atomic E-state index is 11.7. The molecule has 0 saturated carbocycles. The van der Waals surface area contributed by atoms with Crippen molar-refractivity contribution in [1.82, 2.24) is 5.32 Å². The van der Waals surface area contributed by atoms with E-state index >= 15 is 0 Å². The van der Waals surface area contributed by atoms with Crippen LogP contribution in [0.2, 0.25) is 0 Å². The highest BCUT2D eigenvalue weighted by Gasteiger charge is 2.34. The van der Waals surface area contributed by atoms with E-state index in [0.29, 0.717) is 5.56 Å². The first-order valence-corrected chi connectivity index (χ1v) is 6.71. The summed E-state index contributed by atoms with van der Waals surface area (Å²) >= 11 is 0. The Morgan fingerprint density at radius 3 is 2.09 bits per heavy atom. The third-order valence-corrected chi connectivity index (χ3v) is 3.12. The third-order valence-electron chi connectivity index (χ3n) is 3.12. The molecule has 0 aliphatic rings. The fourth-order valence-corrected chi connectivity index (χ4v) is 1.81. The number of hydrogen-bond donors (Lipinski definition) is 7. The molecule has 0 aromatic heterocycles. The number of nitrogens with one attached hydrogen (secondary N) is 1. The summed E-state index contributed by atoms with van der Waals surface area (Å²) in [4.78, 5) is 11.7. The minimum absolute atomic E-state index is 0.0392. The topological polar surface area (TPSA) is 150 Å². The predicted molar refractivity (Wildman–Crippen MR) is 75.4 cm³/mol. The van der Waals surface area contributed by atoms with Crippen LogP contribution in [0.25, 0.3) is 0 Å². The van der Waals surface area contributed by atoms with Crippen LogP contribution in [-0.2, 0) is 11.2 Å². The molecule has 0 heterocycles. The van der Waals surface area contributed by atoms with Gasteiger partial charge in [0.25, 0.3) is 0 Å². The van der Waals surface area contributed by atoms with Crippen molar-refractivity contribution in [3.63, 3.8) is 0 Å². The Morgan fingerprint density at radius 2 is 1.55 bits per heavy atom. The van der Waals surface area contributed by atoms with Crippen molar-refractivity contribution in [2.24, 2.45) is 0 Å². The van der Waals surface area contributed by atoms with E-state index in [9.17, 15) is 25.2 Å². The van der Waals surface area contributed by atoms with Crippen molar-refractivity contribution >= 4 is 5.91 Å². The van der Waals surface area contributed by atoms with Gasteiger partial charge in [0.15, 0.2) is 6.23 Å². The molecule has 124 valence electrons. The fraction of sp³-hybridized carbons (Fsp3) is 0.500. The highest BCUT2D eigenvalue weighted by molar-refractivity contribution is 5.78. The molecule has 5 atom stereocenters. The summed E-state index contributed by atoms with van der Waals surface area (Å²) in [7, 11) is 0. The summed E-state index contributed by atoms with van der Waals surface area (Å²) < 4.78 is 0. The minimum Gasteiger partial charge on any atom is -0.394 e. The number of amides is 1. The Balaban J connectivity index is 2.52. The summed E-state index contributed by atoms with van der Waals surface area (Å²) in [5.41, 5.74) is 0.693. The second-order valence-corrected chi connectivity index (χ2v) is 4.90. The van der Waals surface area contributed by atoms with Crippen molar-refractivity contribution in [3.05, 3.63) is 35.9 Å². The number of benzene rings is 1. The maximum absolute atomic E-state index is 11.7. The van der Waals surface area contributed by atoms with Crippen molar-refractivity contribution < 1.29 is 35.4 Å². The monoisotopic (exact) mass is 315 g/mol. The van der Waals surface area contributed by atoms with E-state index < -0.39 is 43.2 Å². The van der Waals surface area contributed by atoms with Crippen LogP contribution in [-0.4, -0.2) is 73.8 Å². The zero-order chi connectivity index (χ0) is 16.7. The first-order valence-electron chi connectivity index (χ1n) is 6.71. The Kier molecular flexibility index (Phi) is 7.39. The van der Waals surface area contributed by atoms with Crippen molar-refractivity contribution in [2.75, 3.05) is 6.61 Å². The van der Waals surface area contributed by atoms with Crippen LogP contribution in [0.1, 0.15) is 5.56 Å². The van der Waals surface area contributed by atoms with E-state index in [-0.39, 0.29) is 6.42 Å². The zero-order valence-electron chi connectivity index (χ0n) is 11.8. The zero-order valence-corrected chi connectivity index (χ0v) is 11.8. The minimum atomic E-state index is -1.95. The van der Waals surface area contributed by atoms with Crippen LogP contribution < -0.4 is 5.32 Å². The Bertz CT molecular complexity index is 456. The van der Waals surface area contributed by atoms with E-state index in [1.165, 1.54) is 0 Å². The number of carbonyl (C=O) groups is 1. The highest BCUT2D eigenvalue weighted by atomic mass is 16.4. The first kappa shape index (κ1) is 18.5. The molecule has 0 fully saturated rings. The number of aliphatic hydroxyl groups excluding tert-OH is 6. The molecule has 8 nitrogen and oxygen atoms in total. The molecule has 1 amide bonds. The predicted octanol–water partition coefficient (Wildman–Crippen LogP) is -2.90. The second-order valence-electron chi connectivity index (χ2n) is 4.90. The van der Waals surface area contributed by atoms with Crippen molar-refractivity contribution in [3.8, 4) is 0 Å². The molecule has 0 saturated heterocycles. The Labute approximate surface area is 127 Å². The molecule has 0 radical (unpaired) electrons. The number of carbonyl (C=O) groups excluding carboxylic acids is 1. The quantitative estimate of drug-likeness (QED) is 0.254. The van der Waals surface area contributed by atoms with E-state index in [0.717, 1.165) is 0 Å². The lowest BCUT2D eigenvalue weighted by molar-refractivity contribution is -0.151. The second kappa shape index (κ2) is 8.79. The fourth-order valence-electron chi connectivity index (χ4n) is 1.81. The van der Waals surface area contributed by atoms with Crippen LogP contribution in [0.4, 0.5) is 0 Å². The molecule has 22 heavy (non-hydrogen) atoms. The summed E-state index contributed by atoms with van der Waals surface area (Å²) in [6.45, 7) is -0.832. The largest absolute Gasteiger partial charge is 0.394 e. The van der Waals surface area contributed by atoms with Crippen LogP contribution in [0.15, 0.2) is 30.3 Å². The number of aliphatic hydroxyl groups is 6. The Hall–Kier alpha value is -1.55. The standard InChI is InChI=1S/C14H21NO7/c16-7-9(17)11(19)12(20)13(21)14(22)15-10(18)6-8-4-2-1-3-5-8/h1-5,9,11-14,16-17,19-22H,6-7H2,(H,15,18)/t9-,11+,12+,13+,14?/m0/s1. The molecule has 0 spiro atoms. The van der Waals surface area contributed by atoms with Crippen LogP contribution in [0.5, 0.6) is 0 Å². The molecule has 0 aliphatic heterocycles. The molecule has 1 unspecified atom stereocenters. The summed E-state index contributed by atoms with van der Waals surface area (Å²) in [6.07, 6.45) is -9.32. The van der Waals surface area contributed by atoms with E-state index in [2.05, 4.69) is 5.32 Å². The molecule has 0 aliphatic carbocycles. The van der Waals surface area contributed by atoms with Crippen molar-refractivity contribution in [1.29, 1.82) is 0 Å². The molecular weight excluding hydrogens is 294 g/mol. The smallest absolute Gasteiger partial charge is 0.226 e. The van der Waals surface area contributed by atoms with Gasteiger partial charge in [-0.1, -0.05) is 30.3 Å². The lowest BCUT2D eigenvalue weighted by Crippen LogP contribution is -2.55. The summed E-state index contributed by atoms with van der Waals surface area (Å²) in [5, 5.41) is 58.2. The van der Waals surface area contributed by atoms with Gasteiger partial charge in [0.05, 0.1) is 13.0 Å². The van der Waals surface area contributed by atoms with Gasteiger partial charge in [-0.25, -0.2) is 0 Å². The molecule has 1 aromatic carbocycles. The SMILES string of the molecule is O=C(Cc1ccccc1)NC(O)[C@H](O)[C@H](O)[C@H](O)[C@@H](O)CO. The van der Waals surface area contributed by atoms with Crippen LogP contribution >= 0.6 is 0 Å².